The number of nitrogens with one attached hydrogen (secondary N) is 1. The molecule has 20 heavy (non-hydrogen) atoms. The highest BCUT2D eigenvalue weighted by Gasteiger charge is 2.49. The third-order valence-electron chi connectivity index (χ3n) is 4.09. The summed E-state index contributed by atoms with van der Waals surface area (Å²) in [6, 6.07) is 5.26. The molecule has 2 unspecified atom stereocenters. The lowest BCUT2D eigenvalue weighted by Crippen LogP contribution is -2.58. The third-order valence-corrected chi connectivity index (χ3v) is 4.75. The molecule has 1 saturated carbocycles. The van der Waals surface area contributed by atoms with E-state index in [4.69, 9.17) is 4.74 Å². The average molecular weight is 344 g/mol. The lowest BCUT2D eigenvalue weighted by Gasteiger charge is -2.52. The summed E-state index contributed by atoms with van der Waals surface area (Å²) in [6.07, 6.45) is 1.16. The fourth-order valence-corrected chi connectivity index (χ4v) is 2.99. The van der Waals surface area contributed by atoms with Crippen LogP contribution in [0.2, 0.25) is 0 Å². The summed E-state index contributed by atoms with van der Waals surface area (Å²) in [5.74, 6) is 0.320. The normalized spacial score (nSPS) is 24.6. The van der Waals surface area contributed by atoms with Gasteiger partial charge in [-0.15, -0.1) is 0 Å². The van der Waals surface area contributed by atoms with E-state index >= 15 is 0 Å². The summed E-state index contributed by atoms with van der Waals surface area (Å²) in [7, 11) is 0. The second kappa shape index (κ2) is 6.02. The molecule has 112 valence electrons. The second-order valence-electron chi connectivity index (χ2n) is 6.57. The molecule has 0 radical (unpaired) electrons. The average Bonchev–Trinajstić information content (AvgIpc) is 2.35. The highest BCUT2D eigenvalue weighted by Crippen LogP contribution is 2.45. The quantitative estimate of drug-likeness (QED) is 0.825. The number of ether oxygens (including phenoxy) is 1. The zero-order chi connectivity index (χ0) is 14.9. The van der Waals surface area contributed by atoms with Gasteiger partial charge in [0.25, 0.3) is 0 Å². The standard InChI is InChI=1S/C16H23BrFNO/c1-10(2)9-20-14-8-13(16(14,3)4)19-15-11(17)6-5-7-12(15)18/h5-7,10,13-14,19H,8-9H2,1-4H3. The van der Waals surface area contributed by atoms with Gasteiger partial charge in [-0.25, -0.2) is 4.39 Å². The smallest absolute Gasteiger partial charge is 0.147 e. The number of anilines is 1. The monoisotopic (exact) mass is 343 g/mol. The molecule has 2 atom stereocenters. The molecule has 1 aliphatic carbocycles. The molecule has 0 amide bonds. The molecule has 2 rings (SSSR count). The molecule has 0 bridgehead atoms. The van der Waals surface area contributed by atoms with Gasteiger partial charge in [0, 0.05) is 22.5 Å². The van der Waals surface area contributed by atoms with E-state index in [9.17, 15) is 4.39 Å². The minimum atomic E-state index is -0.221. The molecular formula is C16H23BrFNO. The van der Waals surface area contributed by atoms with Crippen LogP contribution in [0.4, 0.5) is 10.1 Å². The Labute approximate surface area is 129 Å². The molecule has 0 aromatic heterocycles. The molecule has 0 spiro atoms. The fourth-order valence-electron chi connectivity index (χ4n) is 2.53. The first-order valence-electron chi connectivity index (χ1n) is 7.14. The first-order valence-corrected chi connectivity index (χ1v) is 7.93. The van der Waals surface area contributed by atoms with Crippen molar-refractivity contribution in [2.45, 2.75) is 46.3 Å². The van der Waals surface area contributed by atoms with Crippen LogP contribution in [0.3, 0.4) is 0 Å². The van der Waals surface area contributed by atoms with Crippen LogP contribution in [0.5, 0.6) is 0 Å². The van der Waals surface area contributed by atoms with E-state index in [0.29, 0.717) is 11.6 Å². The predicted molar refractivity (Wildman–Crippen MR) is 84.5 cm³/mol. The van der Waals surface area contributed by atoms with Crippen LogP contribution >= 0.6 is 15.9 Å². The number of hydrogen-bond acceptors (Lipinski definition) is 2. The van der Waals surface area contributed by atoms with Gasteiger partial charge in [0.05, 0.1) is 11.8 Å². The number of benzene rings is 1. The highest BCUT2D eigenvalue weighted by atomic mass is 79.9. The van der Waals surface area contributed by atoms with Crippen molar-refractivity contribution in [1.82, 2.24) is 0 Å². The second-order valence-corrected chi connectivity index (χ2v) is 7.42. The Balaban J connectivity index is 1.99. The van der Waals surface area contributed by atoms with Crippen LogP contribution in [-0.2, 0) is 4.74 Å². The van der Waals surface area contributed by atoms with Crippen LogP contribution in [0.1, 0.15) is 34.1 Å². The Morgan fingerprint density at radius 3 is 2.70 bits per heavy atom. The summed E-state index contributed by atoms with van der Waals surface area (Å²) in [4.78, 5) is 0. The van der Waals surface area contributed by atoms with Gasteiger partial charge >= 0.3 is 0 Å². The highest BCUT2D eigenvalue weighted by molar-refractivity contribution is 9.10. The van der Waals surface area contributed by atoms with E-state index in [1.807, 2.05) is 6.07 Å². The molecule has 1 aromatic carbocycles. The Hall–Kier alpha value is -0.610. The summed E-state index contributed by atoms with van der Waals surface area (Å²) >= 11 is 3.40. The number of hydrogen-bond donors (Lipinski definition) is 1. The topological polar surface area (TPSA) is 21.3 Å². The summed E-state index contributed by atoms with van der Waals surface area (Å²) in [6.45, 7) is 9.43. The van der Waals surface area contributed by atoms with E-state index in [1.54, 1.807) is 6.07 Å². The van der Waals surface area contributed by atoms with Gasteiger partial charge in [-0.3, -0.25) is 0 Å². The van der Waals surface area contributed by atoms with Crippen molar-refractivity contribution in [1.29, 1.82) is 0 Å². The molecule has 0 heterocycles. The fraction of sp³-hybridized carbons (Fsp3) is 0.625. The zero-order valence-corrected chi connectivity index (χ0v) is 14.1. The first-order chi connectivity index (χ1) is 9.32. The number of rotatable bonds is 5. The van der Waals surface area contributed by atoms with Crippen LogP contribution < -0.4 is 5.32 Å². The summed E-state index contributed by atoms with van der Waals surface area (Å²) in [5.41, 5.74) is 0.559. The summed E-state index contributed by atoms with van der Waals surface area (Å²) < 4.78 is 20.6. The van der Waals surface area contributed by atoms with Gasteiger partial charge in [-0.1, -0.05) is 33.8 Å². The van der Waals surface area contributed by atoms with E-state index < -0.39 is 0 Å². The molecule has 0 aliphatic heterocycles. The van der Waals surface area contributed by atoms with Crippen LogP contribution in [0.15, 0.2) is 22.7 Å². The molecule has 2 nitrogen and oxygen atoms in total. The molecule has 1 fully saturated rings. The predicted octanol–water partition coefficient (Wildman–Crippen LogP) is 4.84. The molecule has 1 aliphatic rings. The van der Waals surface area contributed by atoms with Gasteiger partial charge in [-0.2, -0.15) is 0 Å². The Bertz CT molecular complexity index is 455. The van der Waals surface area contributed by atoms with E-state index in [-0.39, 0.29) is 23.4 Å². The molecule has 1 aromatic rings. The van der Waals surface area contributed by atoms with Crippen molar-refractivity contribution in [3.05, 3.63) is 28.5 Å². The molecule has 0 saturated heterocycles. The Morgan fingerprint density at radius 1 is 1.45 bits per heavy atom. The first kappa shape index (κ1) is 15.8. The maximum absolute atomic E-state index is 13.9. The number of para-hydroxylation sites is 1. The molecular weight excluding hydrogens is 321 g/mol. The van der Waals surface area contributed by atoms with Gasteiger partial charge in [-0.05, 0) is 40.4 Å². The van der Waals surface area contributed by atoms with Crippen LogP contribution in [0, 0.1) is 17.2 Å². The minimum Gasteiger partial charge on any atom is -0.378 e. The van der Waals surface area contributed by atoms with Gasteiger partial charge < -0.3 is 10.1 Å². The van der Waals surface area contributed by atoms with Crippen molar-refractivity contribution in [3.8, 4) is 0 Å². The van der Waals surface area contributed by atoms with E-state index in [0.717, 1.165) is 17.5 Å². The van der Waals surface area contributed by atoms with Crippen molar-refractivity contribution in [2.24, 2.45) is 11.3 Å². The minimum absolute atomic E-state index is 0.0105. The number of halogens is 2. The molecule has 1 N–H and O–H groups in total. The van der Waals surface area contributed by atoms with Crippen LogP contribution in [0.25, 0.3) is 0 Å². The van der Waals surface area contributed by atoms with Crippen molar-refractivity contribution < 1.29 is 9.13 Å². The maximum atomic E-state index is 13.9. The molecule has 4 heteroatoms. The van der Waals surface area contributed by atoms with Crippen molar-refractivity contribution in [2.75, 3.05) is 11.9 Å². The maximum Gasteiger partial charge on any atom is 0.147 e. The largest absolute Gasteiger partial charge is 0.378 e. The lowest BCUT2D eigenvalue weighted by atomic mass is 9.64. The van der Waals surface area contributed by atoms with Crippen molar-refractivity contribution in [3.63, 3.8) is 0 Å². The Kier molecular flexibility index (Phi) is 4.75. The van der Waals surface area contributed by atoms with Gasteiger partial charge in [0.2, 0.25) is 0 Å². The Morgan fingerprint density at radius 2 is 2.15 bits per heavy atom. The van der Waals surface area contributed by atoms with Gasteiger partial charge in [0.15, 0.2) is 0 Å². The summed E-state index contributed by atoms with van der Waals surface area (Å²) in [5, 5.41) is 3.32. The van der Waals surface area contributed by atoms with Crippen LogP contribution in [-0.4, -0.2) is 18.8 Å². The third kappa shape index (κ3) is 3.17. The SMILES string of the molecule is CC(C)COC1CC(Nc2c(F)cccc2Br)C1(C)C. The van der Waals surface area contributed by atoms with Gasteiger partial charge in [0.1, 0.15) is 5.82 Å². The van der Waals surface area contributed by atoms with E-state index in [2.05, 4.69) is 48.9 Å². The lowest BCUT2D eigenvalue weighted by molar-refractivity contribution is -0.108. The van der Waals surface area contributed by atoms with Crippen molar-refractivity contribution >= 4 is 21.6 Å². The zero-order valence-electron chi connectivity index (χ0n) is 12.5. The van der Waals surface area contributed by atoms with E-state index in [1.165, 1.54) is 6.07 Å².